The minimum absolute atomic E-state index is 0.464. The van der Waals surface area contributed by atoms with Crippen LogP contribution in [-0.4, -0.2) is 17.0 Å². The van der Waals surface area contributed by atoms with Gasteiger partial charge in [-0.1, -0.05) is 30.1 Å². The van der Waals surface area contributed by atoms with E-state index in [1.165, 1.54) is 0 Å². The summed E-state index contributed by atoms with van der Waals surface area (Å²) in [4.78, 5) is 8.73. The van der Waals surface area contributed by atoms with E-state index in [9.17, 15) is 0 Å². The lowest BCUT2D eigenvalue weighted by atomic mass is 10.3. The van der Waals surface area contributed by atoms with E-state index in [4.69, 9.17) is 27.9 Å². The van der Waals surface area contributed by atoms with Crippen LogP contribution in [0.2, 0.25) is 10.0 Å². The summed E-state index contributed by atoms with van der Waals surface area (Å²) in [6, 6.07) is 6.76. The number of hydrogen-bond donors (Lipinski definition) is 1. The lowest BCUT2D eigenvalue weighted by molar-refractivity contribution is 0.459. The van der Waals surface area contributed by atoms with Crippen LogP contribution in [0.25, 0.3) is 0 Å². The van der Waals surface area contributed by atoms with Gasteiger partial charge in [-0.05, 0) is 24.6 Å². The molecule has 0 amide bonds. The first kappa shape index (κ1) is 14.9. The van der Waals surface area contributed by atoms with Gasteiger partial charge in [-0.25, -0.2) is 4.98 Å². The molecule has 0 spiro atoms. The number of nitrogens with one attached hydrogen (secondary N) is 1. The lowest BCUT2D eigenvalue weighted by Crippen LogP contribution is -2.01. The number of hydrogen-bond acceptors (Lipinski definition) is 4. The zero-order valence-corrected chi connectivity index (χ0v) is 12.8. The maximum absolute atomic E-state index is 5.95. The molecule has 0 bridgehead atoms. The Morgan fingerprint density at radius 3 is 2.40 bits per heavy atom. The highest BCUT2D eigenvalue weighted by atomic mass is 35.5. The highest BCUT2D eigenvalue weighted by Crippen LogP contribution is 2.28. The number of aryl methyl sites for hydroxylation is 1. The Hall–Kier alpha value is -1.52. The van der Waals surface area contributed by atoms with Gasteiger partial charge in [0.2, 0.25) is 5.88 Å². The predicted molar refractivity (Wildman–Crippen MR) is 82.1 cm³/mol. The van der Waals surface area contributed by atoms with Crippen LogP contribution < -0.4 is 10.1 Å². The van der Waals surface area contributed by atoms with E-state index in [1.54, 1.807) is 31.3 Å². The Bertz CT molecular complexity index is 585. The smallest absolute Gasteiger partial charge is 0.224 e. The van der Waals surface area contributed by atoms with E-state index < -0.39 is 0 Å². The van der Waals surface area contributed by atoms with E-state index in [-0.39, 0.29) is 0 Å². The SMILES string of the molecule is CCCc1nc(NC)cc(Oc2cc(Cl)cc(Cl)c2)n1. The molecule has 0 radical (unpaired) electrons. The van der Waals surface area contributed by atoms with Crippen molar-refractivity contribution in [3.05, 3.63) is 40.1 Å². The van der Waals surface area contributed by atoms with Gasteiger partial charge in [-0.3, -0.25) is 0 Å². The molecule has 1 N–H and O–H groups in total. The second-order valence-corrected chi connectivity index (χ2v) is 5.09. The van der Waals surface area contributed by atoms with Gasteiger partial charge in [-0.2, -0.15) is 4.98 Å². The molecule has 20 heavy (non-hydrogen) atoms. The molecular formula is C14H15Cl2N3O. The molecule has 0 saturated heterocycles. The molecule has 0 fully saturated rings. The Kier molecular flexibility index (Phi) is 5.04. The van der Waals surface area contributed by atoms with Crippen molar-refractivity contribution in [1.29, 1.82) is 0 Å². The van der Waals surface area contributed by atoms with Gasteiger partial charge in [-0.15, -0.1) is 0 Å². The van der Waals surface area contributed by atoms with Gasteiger partial charge < -0.3 is 10.1 Å². The van der Waals surface area contributed by atoms with Crippen molar-refractivity contribution < 1.29 is 4.74 Å². The number of anilines is 1. The second-order valence-electron chi connectivity index (χ2n) is 4.21. The van der Waals surface area contributed by atoms with E-state index >= 15 is 0 Å². The molecule has 0 unspecified atom stereocenters. The Labute approximate surface area is 128 Å². The molecule has 106 valence electrons. The summed E-state index contributed by atoms with van der Waals surface area (Å²) in [5, 5.41) is 4.03. The van der Waals surface area contributed by atoms with Gasteiger partial charge in [0.15, 0.2) is 0 Å². The third kappa shape index (κ3) is 3.99. The third-order valence-electron chi connectivity index (χ3n) is 2.54. The average Bonchev–Trinajstić information content (AvgIpc) is 2.37. The maximum Gasteiger partial charge on any atom is 0.224 e. The summed E-state index contributed by atoms with van der Waals surface area (Å²) in [5.41, 5.74) is 0. The van der Waals surface area contributed by atoms with Crippen molar-refractivity contribution in [2.45, 2.75) is 19.8 Å². The maximum atomic E-state index is 5.95. The zero-order chi connectivity index (χ0) is 14.5. The first-order valence-corrected chi connectivity index (χ1v) is 7.06. The highest BCUT2D eigenvalue weighted by molar-refractivity contribution is 6.34. The summed E-state index contributed by atoms with van der Waals surface area (Å²) in [5.74, 6) is 2.46. The molecular weight excluding hydrogens is 297 g/mol. The summed E-state index contributed by atoms with van der Waals surface area (Å²) in [7, 11) is 1.80. The van der Waals surface area contributed by atoms with Gasteiger partial charge in [0.25, 0.3) is 0 Å². The number of aromatic nitrogens is 2. The normalized spacial score (nSPS) is 10.4. The van der Waals surface area contributed by atoms with E-state index in [2.05, 4.69) is 22.2 Å². The molecule has 1 aromatic heterocycles. The van der Waals surface area contributed by atoms with Crippen molar-refractivity contribution >= 4 is 29.0 Å². The van der Waals surface area contributed by atoms with E-state index in [1.807, 2.05) is 0 Å². The Morgan fingerprint density at radius 1 is 1.10 bits per heavy atom. The number of halogens is 2. The van der Waals surface area contributed by atoms with Gasteiger partial charge in [0.1, 0.15) is 17.4 Å². The second kappa shape index (κ2) is 6.77. The van der Waals surface area contributed by atoms with Crippen LogP contribution in [0.4, 0.5) is 5.82 Å². The van der Waals surface area contributed by atoms with Crippen molar-refractivity contribution in [2.24, 2.45) is 0 Å². The first-order chi connectivity index (χ1) is 9.60. The van der Waals surface area contributed by atoms with Crippen LogP contribution in [0, 0.1) is 0 Å². The van der Waals surface area contributed by atoms with Crippen LogP contribution in [-0.2, 0) is 6.42 Å². The molecule has 6 heteroatoms. The van der Waals surface area contributed by atoms with Gasteiger partial charge in [0, 0.05) is 29.6 Å². The molecule has 0 aliphatic rings. The molecule has 1 aromatic carbocycles. The minimum Gasteiger partial charge on any atom is -0.439 e. The zero-order valence-electron chi connectivity index (χ0n) is 11.3. The number of ether oxygens (including phenoxy) is 1. The summed E-state index contributed by atoms with van der Waals surface area (Å²) < 4.78 is 5.71. The van der Waals surface area contributed by atoms with Crippen molar-refractivity contribution in [3.63, 3.8) is 0 Å². The van der Waals surface area contributed by atoms with E-state index in [0.29, 0.717) is 27.5 Å². The molecule has 0 aliphatic heterocycles. The number of rotatable bonds is 5. The molecule has 1 heterocycles. The predicted octanol–water partition coefficient (Wildman–Crippen LogP) is 4.57. The lowest BCUT2D eigenvalue weighted by Gasteiger charge is -2.09. The van der Waals surface area contributed by atoms with Crippen LogP contribution in [0.5, 0.6) is 11.6 Å². The largest absolute Gasteiger partial charge is 0.439 e. The molecule has 0 aliphatic carbocycles. The molecule has 2 rings (SSSR count). The summed E-state index contributed by atoms with van der Waals surface area (Å²) in [6.07, 6.45) is 1.76. The molecule has 2 aromatic rings. The fourth-order valence-electron chi connectivity index (χ4n) is 1.70. The molecule has 0 atom stereocenters. The summed E-state index contributed by atoms with van der Waals surface area (Å²) >= 11 is 11.9. The number of nitrogens with zero attached hydrogens (tertiary/aromatic N) is 2. The molecule has 4 nitrogen and oxygen atoms in total. The Morgan fingerprint density at radius 2 is 1.80 bits per heavy atom. The van der Waals surface area contributed by atoms with Crippen LogP contribution in [0.1, 0.15) is 19.2 Å². The van der Waals surface area contributed by atoms with Crippen LogP contribution in [0.3, 0.4) is 0 Å². The van der Waals surface area contributed by atoms with Gasteiger partial charge >= 0.3 is 0 Å². The standard InChI is InChI=1S/C14H15Cl2N3O/c1-3-4-12-18-13(17-2)8-14(19-12)20-11-6-9(15)5-10(16)7-11/h5-8H,3-4H2,1-2H3,(H,17,18,19). The molecule has 0 saturated carbocycles. The average molecular weight is 312 g/mol. The Balaban J connectivity index is 2.29. The summed E-state index contributed by atoms with van der Waals surface area (Å²) in [6.45, 7) is 2.08. The van der Waals surface area contributed by atoms with Crippen molar-refractivity contribution in [3.8, 4) is 11.6 Å². The third-order valence-corrected chi connectivity index (χ3v) is 2.97. The quantitative estimate of drug-likeness (QED) is 0.878. The van der Waals surface area contributed by atoms with Crippen LogP contribution in [0.15, 0.2) is 24.3 Å². The first-order valence-electron chi connectivity index (χ1n) is 6.30. The fourth-order valence-corrected chi connectivity index (χ4v) is 2.20. The minimum atomic E-state index is 0.464. The van der Waals surface area contributed by atoms with Crippen LogP contribution >= 0.6 is 23.2 Å². The van der Waals surface area contributed by atoms with Crippen molar-refractivity contribution in [2.75, 3.05) is 12.4 Å². The van der Waals surface area contributed by atoms with E-state index in [0.717, 1.165) is 18.7 Å². The highest BCUT2D eigenvalue weighted by Gasteiger charge is 2.07. The fraction of sp³-hybridized carbons (Fsp3) is 0.286. The monoisotopic (exact) mass is 311 g/mol. The number of benzene rings is 1. The van der Waals surface area contributed by atoms with Crippen molar-refractivity contribution in [1.82, 2.24) is 9.97 Å². The van der Waals surface area contributed by atoms with Gasteiger partial charge in [0.05, 0.1) is 0 Å². The topological polar surface area (TPSA) is 47.0 Å².